The lowest BCUT2D eigenvalue weighted by molar-refractivity contribution is 0.103. The smallest absolute Gasteiger partial charge is 0.235 e. The molecule has 16 heavy (non-hydrogen) atoms. The fourth-order valence-electron chi connectivity index (χ4n) is 1.58. The quantitative estimate of drug-likeness (QED) is 0.550. The van der Waals surface area contributed by atoms with E-state index in [1.54, 1.807) is 0 Å². The summed E-state index contributed by atoms with van der Waals surface area (Å²) in [6, 6.07) is 1.18. The van der Waals surface area contributed by atoms with E-state index in [0.717, 1.165) is 6.42 Å². The van der Waals surface area contributed by atoms with Gasteiger partial charge in [0.15, 0.2) is 0 Å². The molecule has 0 bridgehead atoms. The van der Waals surface area contributed by atoms with Gasteiger partial charge in [0.1, 0.15) is 0 Å². The summed E-state index contributed by atoms with van der Waals surface area (Å²) < 4.78 is 6.51. The maximum Gasteiger partial charge on any atom is 0.235 e. The van der Waals surface area contributed by atoms with Crippen molar-refractivity contribution >= 4 is 26.7 Å². The van der Waals surface area contributed by atoms with Crippen molar-refractivity contribution in [1.82, 2.24) is 0 Å². The molecule has 0 rings (SSSR count). The molecule has 98 valence electrons. The van der Waals surface area contributed by atoms with E-state index in [-0.39, 0.29) is 5.60 Å². The van der Waals surface area contributed by atoms with Gasteiger partial charge in [-0.05, 0) is 32.2 Å². The Balaban J connectivity index is 4.96. The fourth-order valence-corrected chi connectivity index (χ4v) is 11.4. The van der Waals surface area contributed by atoms with Crippen LogP contribution in [0.3, 0.4) is 0 Å². The predicted molar refractivity (Wildman–Crippen MR) is 83.2 cm³/mol. The van der Waals surface area contributed by atoms with Crippen LogP contribution in [0.2, 0.25) is 25.7 Å². The van der Waals surface area contributed by atoms with E-state index in [1.807, 2.05) is 0 Å². The van der Waals surface area contributed by atoms with Crippen LogP contribution in [-0.4, -0.2) is 20.2 Å². The van der Waals surface area contributed by atoms with E-state index in [0.29, 0.717) is 5.92 Å². The van der Waals surface area contributed by atoms with Crippen molar-refractivity contribution in [3.05, 3.63) is 0 Å². The Kier molecular flexibility index (Phi) is 5.85. The van der Waals surface area contributed by atoms with Gasteiger partial charge in [0.2, 0.25) is 6.98 Å². The molecule has 0 saturated heterocycles. The topological polar surface area (TPSA) is 9.23 Å². The van der Waals surface area contributed by atoms with E-state index in [2.05, 4.69) is 54.3 Å². The fraction of sp³-hybridized carbons (Fsp3) is 1.00. The Morgan fingerprint density at radius 3 is 1.88 bits per heavy atom. The second-order valence-corrected chi connectivity index (χ2v) is 23.9. The second-order valence-electron chi connectivity index (χ2n) is 6.85. The zero-order valence-corrected chi connectivity index (χ0v) is 15.2. The minimum Gasteiger partial charge on any atom is -0.405 e. The molecule has 0 aromatic carbocycles. The van der Waals surface area contributed by atoms with Crippen molar-refractivity contribution in [2.45, 2.75) is 72.3 Å². The maximum atomic E-state index is 6.51. The SMILES string of the molecule is CCC(C)(C)O[Si](S)(CC(C)C)[Si](C)(C)C. The molecule has 1 atom stereocenters. The van der Waals surface area contributed by atoms with Crippen LogP contribution in [0.1, 0.15) is 41.0 Å². The zero-order chi connectivity index (χ0) is 13.2. The summed E-state index contributed by atoms with van der Waals surface area (Å²) in [4.78, 5) is 0. The third kappa shape index (κ3) is 4.94. The van der Waals surface area contributed by atoms with E-state index in [9.17, 15) is 0 Å². The minimum atomic E-state index is -1.84. The summed E-state index contributed by atoms with van der Waals surface area (Å²) in [6.45, 7) is 16.5. The van der Waals surface area contributed by atoms with Crippen molar-refractivity contribution in [2.24, 2.45) is 5.92 Å². The molecule has 0 radical (unpaired) electrons. The average Bonchev–Trinajstić information content (AvgIpc) is 1.99. The van der Waals surface area contributed by atoms with Gasteiger partial charge in [0.25, 0.3) is 0 Å². The van der Waals surface area contributed by atoms with Crippen LogP contribution in [0.4, 0.5) is 0 Å². The summed E-state index contributed by atoms with van der Waals surface area (Å²) in [5.41, 5.74) is -0.0108. The third-order valence-electron chi connectivity index (χ3n) is 3.15. The van der Waals surface area contributed by atoms with Crippen LogP contribution in [-0.2, 0) is 4.43 Å². The van der Waals surface area contributed by atoms with Gasteiger partial charge in [-0.3, -0.25) is 0 Å². The Morgan fingerprint density at radius 2 is 1.62 bits per heavy atom. The van der Waals surface area contributed by atoms with Gasteiger partial charge < -0.3 is 4.43 Å². The zero-order valence-electron chi connectivity index (χ0n) is 12.3. The van der Waals surface area contributed by atoms with Crippen molar-refractivity contribution in [3.8, 4) is 0 Å². The van der Waals surface area contributed by atoms with Crippen LogP contribution in [0, 0.1) is 5.92 Å². The van der Waals surface area contributed by atoms with Crippen molar-refractivity contribution in [2.75, 3.05) is 0 Å². The molecule has 0 aliphatic heterocycles. The third-order valence-corrected chi connectivity index (χ3v) is 22.6. The highest BCUT2D eigenvalue weighted by atomic mass is 32.3. The number of rotatable bonds is 6. The van der Waals surface area contributed by atoms with Gasteiger partial charge in [-0.2, -0.15) is 12.1 Å². The van der Waals surface area contributed by atoms with E-state index < -0.39 is 14.6 Å². The molecule has 0 N–H and O–H groups in total. The molecule has 1 nitrogen and oxygen atoms in total. The van der Waals surface area contributed by atoms with Crippen molar-refractivity contribution in [1.29, 1.82) is 0 Å². The normalized spacial score (nSPS) is 17.6. The standard InChI is InChI=1S/C12H30OSSi2/c1-9-12(4,5)13-16(14,10-11(2)3)15(6,7)8/h11,14H,9-10H2,1-8H3. The van der Waals surface area contributed by atoms with E-state index in [4.69, 9.17) is 16.5 Å². The van der Waals surface area contributed by atoms with Crippen LogP contribution in [0.25, 0.3) is 0 Å². The van der Waals surface area contributed by atoms with Crippen molar-refractivity contribution < 1.29 is 4.43 Å². The predicted octanol–water partition coefficient (Wildman–Crippen LogP) is 4.64. The summed E-state index contributed by atoms with van der Waals surface area (Å²) in [5.74, 6) is 0.684. The summed E-state index contributed by atoms with van der Waals surface area (Å²) >= 11 is 5.06. The van der Waals surface area contributed by atoms with Crippen molar-refractivity contribution in [3.63, 3.8) is 0 Å². The van der Waals surface area contributed by atoms with E-state index >= 15 is 0 Å². The first-order valence-corrected chi connectivity index (χ1v) is 14.3. The van der Waals surface area contributed by atoms with Gasteiger partial charge in [-0.25, -0.2) is 0 Å². The van der Waals surface area contributed by atoms with Gasteiger partial charge >= 0.3 is 0 Å². The second kappa shape index (κ2) is 5.59. The largest absolute Gasteiger partial charge is 0.405 e. The number of hydrogen-bond acceptors (Lipinski definition) is 2. The van der Waals surface area contributed by atoms with Crippen LogP contribution in [0.5, 0.6) is 0 Å². The molecule has 0 fully saturated rings. The van der Waals surface area contributed by atoms with Gasteiger partial charge in [-0.1, -0.05) is 40.4 Å². The molecule has 1 unspecified atom stereocenters. The summed E-state index contributed by atoms with van der Waals surface area (Å²) in [7, 11) is -1.32. The van der Waals surface area contributed by atoms with Crippen LogP contribution >= 0.6 is 12.1 Å². The number of thiol groups is 1. The molecule has 0 aromatic rings. The molecule has 0 saturated carbocycles. The summed E-state index contributed by atoms with van der Waals surface area (Å²) in [5, 5.41) is 0. The highest BCUT2D eigenvalue weighted by Gasteiger charge is 2.48. The average molecular weight is 279 g/mol. The lowest BCUT2D eigenvalue weighted by atomic mass is 10.1. The molecule has 0 aliphatic rings. The molecule has 4 heteroatoms. The molecule has 0 amide bonds. The van der Waals surface area contributed by atoms with E-state index in [1.165, 1.54) is 6.04 Å². The van der Waals surface area contributed by atoms with Gasteiger partial charge in [0.05, 0.1) is 13.2 Å². The molecule has 0 heterocycles. The summed E-state index contributed by atoms with van der Waals surface area (Å²) in [6.07, 6.45) is 1.06. The first-order valence-electron chi connectivity index (χ1n) is 6.36. The minimum absolute atomic E-state index is 0.0108. The van der Waals surface area contributed by atoms with Gasteiger partial charge in [-0.15, -0.1) is 0 Å². The lowest BCUT2D eigenvalue weighted by Crippen LogP contribution is -2.59. The first-order chi connectivity index (χ1) is 6.93. The highest BCUT2D eigenvalue weighted by molar-refractivity contribution is 8.22. The molecule has 0 aliphatic carbocycles. The molecular formula is C12H30OSSi2. The van der Waals surface area contributed by atoms with Crippen LogP contribution in [0.15, 0.2) is 0 Å². The van der Waals surface area contributed by atoms with Gasteiger partial charge in [0, 0.05) is 0 Å². The van der Waals surface area contributed by atoms with Crippen LogP contribution < -0.4 is 0 Å². The Morgan fingerprint density at radius 1 is 1.19 bits per heavy atom. The Hall–Kier alpha value is 0.744. The maximum absolute atomic E-state index is 6.51. The Labute approximate surface area is 109 Å². The first kappa shape index (κ1) is 16.7. The molecule has 0 aromatic heterocycles. The monoisotopic (exact) mass is 278 g/mol. The Bertz CT molecular complexity index is 224. The number of hydrogen-bond donors (Lipinski definition) is 1. The highest BCUT2D eigenvalue weighted by Crippen LogP contribution is 2.35. The molecule has 0 spiro atoms. The molecular weight excluding hydrogens is 248 g/mol. The lowest BCUT2D eigenvalue weighted by Gasteiger charge is -2.43.